The van der Waals surface area contributed by atoms with Gasteiger partial charge in [0.05, 0.1) is 18.1 Å². The average Bonchev–Trinajstić information content (AvgIpc) is 2.38. The normalized spacial score (nSPS) is 10.3. The van der Waals surface area contributed by atoms with Gasteiger partial charge < -0.3 is 10.2 Å². The zero-order valence-electron chi connectivity index (χ0n) is 11.4. The Balaban J connectivity index is 2.10. The number of hydrogen-bond acceptors (Lipinski definition) is 5. The summed E-state index contributed by atoms with van der Waals surface area (Å²) in [5.74, 6) is 6.68. The summed E-state index contributed by atoms with van der Waals surface area (Å²) in [5.41, 5.74) is 6.70. The number of nitrogens with one attached hydrogen (secondary N) is 1. The Labute approximate surface area is 112 Å². The molecule has 2 rings (SSSR count). The van der Waals surface area contributed by atoms with E-state index in [0.29, 0.717) is 12.4 Å². The maximum absolute atomic E-state index is 5.83. The molecule has 0 fully saturated rings. The van der Waals surface area contributed by atoms with Gasteiger partial charge in [0.25, 0.3) is 0 Å². The van der Waals surface area contributed by atoms with E-state index in [0.717, 1.165) is 22.6 Å². The third kappa shape index (κ3) is 3.20. The molecule has 0 aliphatic heterocycles. The van der Waals surface area contributed by atoms with Gasteiger partial charge in [0.15, 0.2) is 5.82 Å². The van der Waals surface area contributed by atoms with Crippen molar-refractivity contribution in [3.05, 3.63) is 46.9 Å². The first-order valence-electron chi connectivity index (χ1n) is 6.08. The van der Waals surface area contributed by atoms with Gasteiger partial charge in [-0.3, -0.25) is 4.98 Å². The van der Waals surface area contributed by atoms with Gasteiger partial charge in [-0.15, -0.1) is 0 Å². The molecule has 0 atom stereocenters. The summed E-state index contributed by atoms with van der Waals surface area (Å²) in [6.07, 6.45) is 3.22. The lowest BCUT2D eigenvalue weighted by Crippen LogP contribution is -2.09. The van der Waals surface area contributed by atoms with Crippen molar-refractivity contribution in [3.63, 3.8) is 0 Å². The van der Waals surface area contributed by atoms with Crippen LogP contribution in [0.4, 0.5) is 5.82 Å². The van der Waals surface area contributed by atoms with Crippen LogP contribution in [0.25, 0.3) is 0 Å². The third-order valence-electron chi connectivity index (χ3n) is 2.82. The molecule has 0 saturated carbocycles. The Hall–Kier alpha value is -2.14. The second-order valence-electron chi connectivity index (χ2n) is 4.55. The van der Waals surface area contributed by atoms with E-state index in [2.05, 4.69) is 34.5 Å². The Morgan fingerprint density at radius 3 is 2.32 bits per heavy atom. The molecule has 1 heterocycles. The second kappa shape index (κ2) is 5.67. The number of ether oxygens (including phenoxy) is 1. The molecule has 19 heavy (non-hydrogen) atoms. The zero-order chi connectivity index (χ0) is 13.8. The molecular weight excluding hydrogens is 240 g/mol. The summed E-state index contributed by atoms with van der Waals surface area (Å²) < 4.78 is 5.83. The van der Waals surface area contributed by atoms with Crippen molar-refractivity contribution in [1.29, 1.82) is 0 Å². The van der Waals surface area contributed by atoms with Crippen molar-refractivity contribution in [2.24, 2.45) is 5.84 Å². The standard InChI is InChI=1S/C14H18N4O/c1-9-4-10(2)14(11(3)5-9)19-8-12-6-17-13(18-15)7-16-12/h4-7H,8,15H2,1-3H3,(H,17,18). The number of rotatable bonds is 4. The molecule has 5 heteroatoms. The minimum Gasteiger partial charge on any atom is -0.487 e. The summed E-state index contributed by atoms with van der Waals surface area (Å²) in [6.45, 7) is 6.56. The molecule has 0 aliphatic rings. The van der Waals surface area contributed by atoms with Gasteiger partial charge in [-0.2, -0.15) is 0 Å². The molecule has 3 N–H and O–H groups in total. The molecule has 1 aromatic carbocycles. The second-order valence-corrected chi connectivity index (χ2v) is 4.55. The number of hydrazine groups is 1. The lowest BCUT2D eigenvalue weighted by atomic mass is 10.1. The lowest BCUT2D eigenvalue weighted by molar-refractivity contribution is 0.296. The molecule has 0 amide bonds. The number of aromatic nitrogens is 2. The van der Waals surface area contributed by atoms with E-state index >= 15 is 0 Å². The number of nitrogen functional groups attached to an aromatic ring is 1. The number of benzene rings is 1. The van der Waals surface area contributed by atoms with Crippen LogP contribution in [0.15, 0.2) is 24.5 Å². The fourth-order valence-corrected chi connectivity index (χ4v) is 2.04. The number of aryl methyl sites for hydroxylation is 3. The summed E-state index contributed by atoms with van der Waals surface area (Å²) in [6, 6.07) is 4.21. The molecule has 0 bridgehead atoms. The summed E-state index contributed by atoms with van der Waals surface area (Å²) >= 11 is 0. The predicted molar refractivity (Wildman–Crippen MR) is 74.8 cm³/mol. The highest BCUT2D eigenvalue weighted by atomic mass is 16.5. The Morgan fingerprint density at radius 2 is 1.79 bits per heavy atom. The van der Waals surface area contributed by atoms with Crippen LogP contribution in [0.2, 0.25) is 0 Å². The van der Waals surface area contributed by atoms with Gasteiger partial charge in [0.2, 0.25) is 0 Å². The van der Waals surface area contributed by atoms with Crippen LogP contribution >= 0.6 is 0 Å². The Bertz CT molecular complexity index is 543. The van der Waals surface area contributed by atoms with E-state index in [4.69, 9.17) is 10.6 Å². The molecule has 2 aromatic rings. The Kier molecular flexibility index (Phi) is 3.97. The van der Waals surface area contributed by atoms with Gasteiger partial charge in [-0.05, 0) is 31.9 Å². The number of nitrogens with two attached hydrogens (primary N) is 1. The maximum Gasteiger partial charge on any atom is 0.158 e. The molecule has 5 nitrogen and oxygen atoms in total. The highest BCUT2D eigenvalue weighted by molar-refractivity contribution is 5.43. The quantitative estimate of drug-likeness (QED) is 0.650. The topological polar surface area (TPSA) is 73.1 Å². The molecule has 1 aromatic heterocycles. The van der Waals surface area contributed by atoms with Crippen molar-refractivity contribution in [1.82, 2.24) is 9.97 Å². The summed E-state index contributed by atoms with van der Waals surface area (Å²) in [4.78, 5) is 8.30. The number of anilines is 1. The fraction of sp³-hybridized carbons (Fsp3) is 0.286. The lowest BCUT2D eigenvalue weighted by Gasteiger charge is -2.12. The molecule has 0 unspecified atom stereocenters. The van der Waals surface area contributed by atoms with Crippen molar-refractivity contribution < 1.29 is 4.74 Å². The van der Waals surface area contributed by atoms with Gasteiger partial charge in [-0.1, -0.05) is 17.7 Å². The maximum atomic E-state index is 5.83. The van der Waals surface area contributed by atoms with E-state index in [1.807, 2.05) is 13.8 Å². The minimum absolute atomic E-state index is 0.391. The zero-order valence-corrected chi connectivity index (χ0v) is 11.4. The fourth-order valence-electron chi connectivity index (χ4n) is 2.04. The molecular formula is C14H18N4O. The first-order valence-corrected chi connectivity index (χ1v) is 6.08. The van der Waals surface area contributed by atoms with Crippen LogP contribution in [0, 0.1) is 20.8 Å². The van der Waals surface area contributed by atoms with E-state index in [1.54, 1.807) is 12.4 Å². The van der Waals surface area contributed by atoms with Crippen LogP contribution in [0.3, 0.4) is 0 Å². The number of nitrogens with zero attached hydrogens (tertiary/aromatic N) is 2. The summed E-state index contributed by atoms with van der Waals surface area (Å²) in [5, 5.41) is 0. The third-order valence-corrected chi connectivity index (χ3v) is 2.82. The largest absolute Gasteiger partial charge is 0.487 e. The predicted octanol–water partition coefficient (Wildman–Crippen LogP) is 2.27. The molecule has 100 valence electrons. The van der Waals surface area contributed by atoms with Crippen LogP contribution in [0.1, 0.15) is 22.4 Å². The SMILES string of the molecule is Cc1cc(C)c(OCc2cnc(NN)cn2)c(C)c1. The van der Waals surface area contributed by atoms with Gasteiger partial charge in [0.1, 0.15) is 12.4 Å². The molecule has 0 aliphatic carbocycles. The van der Waals surface area contributed by atoms with E-state index < -0.39 is 0 Å². The van der Waals surface area contributed by atoms with Crippen molar-refractivity contribution in [2.45, 2.75) is 27.4 Å². The van der Waals surface area contributed by atoms with Crippen LogP contribution in [-0.4, -0.2) is 9.97 Å². The van der Waals surface area contributed by atoms with E-state index in [-0.39, 0.29) is 0 Å². The molecule has 0 saturated heterocycles. The summed E-state index contributed by atoms with van der Waals surface area (Å²) in [7, 11) is 0. The average molecular weight is 258 g/mol. The van der Waals surface area contributed by atoms with Crippen LogP contribution in [0.5, 0.6) is 5.75 Å². The number of hydrogen-bond donors (Lipinski definition) is 2. The molecule has 0 radical (unpaired) electrons. The van der Waals surface area contributed by atoms with Crippen molar-refractivity contribution in [3.8, 4) is 5.75 Å². The molecule has 0 spiro atoms. The smallest absolute Gasteiger partial charge is 0.158 e. The van der Waals surface area contributed by atoms with E-state index in [1.165, 1.54) is 5.56 Å². The minimum atomic E-state index is 0.391. The van der Waals surface area contributed by atoms with Crippen molar-refractivity contribution in [2.75, 3.05) is 5.43 Å². The van der Waals surface area contributed by atoms with Gasteiger partial charge in [-0.25, -0.2) is 10.8 Å². The highest BCUT2D eigenvalue weighted by Gasteiger charge is 2.06. The van der Waals surface area contributed by atoms with Crippen molar-refractivity contribution >= 4 is 5.82 Å². The van der Waals surface area contributed by atoms with E-state index in [9.17, 15) is 0 Å². The van der Waals surface area contributed by atoms with Gasteiger partial charge in [0, 0.05) is 0 Å². The first-order chi connectivity index (χ1) is 9.10. The van der Waals surface area contributed by atoms with Crippen LogP contribution in [-0.2, 0) is 6.61 Å². The highest BCUT2D eigenvalue weighted by Crippen LogP contribution is 2.25. The van der Waals surface area contributed by atoms with Crippen LogP contribution < -0.4 is 16.0 Å². The van der Waals surface area contributed by atoms with Gasteiger partial charge >= 0.3 is 0 Å². The first kappa shape index (κ1) is 13.3. The monoisotopic (exact) mass is 258 g/mol. The Morgan fingerprint density at radius 1 is 1.11 bits per heavy atom.